The van der Waals surface area contributed by atoms with E-state index >= 15 is 0 Å². The first-order valence-electron chi connectivity index (χ1n) is 8.11. The minimum atomic E-state index is 0.0907. The van der Waals surface area contributed by atoms with E-state index in [1.807, 2.05) is 47.8 Å². The van der Waals surface area contributed by atoms with Crippen LogP contribution in [0.2, 0.25) is 5.02 Å². The van der Waals surface area contributed by atoms with Crippen molar-refractivity contribution in [3.8, 4) is 11.4 Å². The van der Waals surface area contributed by atoms with Gasteiger partial charge in [0.25, 0.3) is 0 Å². The van der Waals surface area contributed by atoms with Crippen molar-refractivity contribution in [1.29, 1.82) is 0 Å². The van der Waals surface area contributed by atoms with Crippen LogP contribution in [0.3, 0.4) is 0 Å². The number of halogens is 1. The van der Waals surface area contributed by atoms with E-state index in [1.54, 1.807) is 12.4 Å². The molecule has 128 valence electrons. The van der Waals surface area contributed by atoms with Crippen molar-refractivity contribution in [3.05, 3.63) is 58.5 Å². The lowest BCUT2D eigenvalue weighted by Gasteiger charge is -2.17. The Labute approximate surface area is 155 Å². The van der Waals surface area contributed by atoms with Gasteiger partial charge in [0.15, 0.2) is 0 Å². The van der Waals surface area contributed by atoms with Crippen LogP contribution in [0.5, 0.6) is 0 Å². The average Bonchev–Trinajstić information content (AvgIpc) is 2.79. The maximum absolute atomic E-state index is 6.11. The van der Waals surface area contributed by atoms with Crippen LogP contribution in [0.1, 0.15) is 22.1 Å². The van der Waals surface area contributed by atoms with Crippen LogP contribution in [-0.2, 0) is 7.05 Å². The van der Waals surface area contributed by atoms with Crippen LogP contribution in [0.4, 0.5) is 5.82 Å². The number of pyridine rings is 2. The average molecular weight is 372 g/mol. The lowest BCUT2D eigenvalue weighted by molar-refractivity contribution is 0.773. The highest BCUT2D eigenvalue weighted by atomic mass is 35.5. The lowest BCUT2D eigenvalue weighted by atomic mass is 10.0. The molecule has 1 atom stereocenters. The molecule has 0 radical (unpaired) electrons. The van der Waals surface area contributed by atoms with Gasteiger partial charge in [-0.2, -0.15) is 5.10 Å². The number of nitrogens with one attached hydrogen (secondary N) is 1. The van der Waals surface area contributed by atoms with E-state index in [0.29, 0.717) is 5.02 Å². The van der Waals surface area contributed by atoms with Gasteiger partial charge in [0.1, 0.15) is 11.5 Å². The van der Waals surface area contributed by atoms with Crippen molar-refractivity contribution in [2.45, 2.75) is 12.2 Å². The van der Waals surface area contributed by atoms with E-state index in [9.17, 15) is 0 Å². The molecular formula is C18H18ClN5S. The lowest BCUT2D eigenvalue weighted by Crippen LogP contribution is -2.07. The van der Waals surface area contributed by atoms with E-state index in [1.165, 1.54) is 0 Å². The van der Waals surface area contributed by atoms with E-state index in [4.69, 9.17) is 16.7 Å². The molecule has 1 aliphatic heterocycles. The van der Waals surface area contributed by atoms with Gasteiger partial charge in [0.2, 0.25) is 0 Å². The molecule has 0 saturated heterocycles. The standard InChI is InChI=1S/C18H18ClN5S/c1-11-9-12(19)10-22-15(11)17-14-16(13-5-3-4-6-20-13)23-24(2)18(14)21-7-8-25-17/h3-6,9-10,17,21H,7-8H2,1-2H3. The largest absolute Gasteiger partial charge is 0.369 e. The summed E-state index contributed by atoms with van der Waals surface area (Å²) in [7, 11) is 1.97. The molecule has 4 heterocycles. The number of hydrogen-bond acceptors (Lipinski definition) is 5. The molecule has 0 spiro atoms. The van der Waals surface area contributed by atoms with Crippen molar-refractivity contribution in [3.63, 3.8) is 0 Å². The molecule has 0 bridgehead atoms. The molecule has 1 N–H and O–H groups in total. The molecule has 0 aliphatic carbocycles. The Morgan fingerprint density at radius 3 is 2.96 bits per heavy atom. The van der Waals surface area contributed by atoms with Crippen molar-refractivity contribution in [2.24, 2.45) is 7.05 Å². The SMILES string of the molecule is Cc1cc(Cl)cnc1C1SCCNc2c1c(-c1ccccn1)nn2C. The first-order valence-corrected chi connectivity index (χ1v) is 9.53. The highest BCUT2D eigenvalue weighted by Gasteiger charge is 2.31. The molecule has 3 aromatic rings. The number of hydrogen-bond donors (Lipinski definition) is 1. The van der Waals surface area contributed by atoms with Crippen LogP contribution >= 0.6 is 23.4 Å². The predicted molar refractivity (Wildman–Crippen MR) is 103 cm³/mol. The maximum atomic E-state index is 6.11. The number of anilines is 1. The smallest absolute Gasteiger partial charge is 0.129 e. The molecule has 5 nitrogen and oxygen atoms in total. The Kier molecular flexibility index (Phi) is 4.39. The van der Waals surface area contributed by atoms with Crippen LogP contribution in [0, 0.1) is 6.92 Å². The molecular weight excluding hydrogens is 354 g/mol. The highest BCUT2D eigenvalue weighted by Crippen LogP contribution is 2.45. The summed E-state index contributed by atoms with van der Waals surface area (Å²) in [5.41, 5.74) is 5.04. The first-order chi connectivity index (χ1) is 12.1. The fraction of sp³-hybridized carbons (Fsp3) is 0.278. The molecule has 1 aliphatic rings. The second kappa shape index (κ2) is 6.69. The van der Waals surface area contributed by atoms with Crippen LogP contribution in [0.15, 0.2) is 36.7 Å². The molecule has 7 heteroatoms. The van der Waals surface area contributed by atoms with Crippen molar-refractivity contribution < 1.29 is 0 Å². The summed E-state index contributed by atoms with van der Waals surface area (Å²) in [5.74, 6) is 2.02. The zero-order valence-corrected chi connectivity index (χ0v) is 15.6. The van der Waals surface area contributed by atoms with E-state index in [2.05, 4.69) is 22.2 Å². The summed E-state index contributed by atoms with van der Waals surface area (Å²) in [6.45, 7) is 2.95. The van der Waals surface area contributed by atoms with Crippen LogP contribution in [-0.4, -0.2) is 32.0 Å². The van der Waals surface area contributed by atoms with Crippen molar-refractivity contribution in [1.82, 2.24) is 19.7 Å². The van der Waals surface area contributed by atoms with Crippen molar-refractivity contribution in [2.75, 3.05) is 17.6 Å². The van der Waals surface area contributed by atoms with Gasteiger partial charge in [-0.05, 0) is 30.7 Å². The molecule has 25 heavy (non-hydrogen) atoms. The van der Waals surface area contributed by atoms with Gasteiger partial charge in [-0.3, -0.25) is 14.6 Å². The van der Waals surface area contributed by atoms with Gasteiger partial charge < -0.3 is 5.32 Å². The Morgan fingerprint density at radius 1 is 1.32 bits per heavy atom. The normalized spacial score (nSPS) is 16.8. The highest BCUT2D eigenvalue weighted by molar-refractivity contribution is 7.99. The molecule has 1 unspecified atom stereocenters. The third-order valence-corrected chi connectivity index (χ3v) is 5.71. The zero-order valence-electron chi connectivity index (χ0n) is 14.0. The summed E-state index contributed by atoms with van der Waals surface area (Å²) >= 11 is 7.98. The Hall–Kier alpha value is -2.05. The summed E-state index contributed by atoms with van der Waals surface area (Å²) in [6, 6.07) is 7.87. The van der Waals surface area contributed by atoms with Crippen LogP contribution < -0.4 is 5.32 Å². The zero-order chi connectivity index (χ0) is 17.4. The monoisotopic (exact) mass is 371 g/mol. The third kappa shape index (κ3) is 3.00. The number of aryl methyl sites for hydroxylation is 2. The second-order valence-corrected chi connectivity index (χ2v) is 7.63. The number of fused-ring (bicyclic) bond motifs is 1. The van der Waals surface area contributed by atoms with Gasteiger partial charge in [-0.15, -0.1) is 11.8 Å². The van der Waals surface area contributed by atoms with Gasteiger partial charge in [0.05, 0.1) is 21.7 Å². The Morgan fingerprint density at radius 2 is 2.20 bits per heavy atom. The number of rotatable bonds is 2. The molecule has 0 aromatic carbocycles. The third-order valence-electron chi connectivity index (χ3n) is 4.27. The number of thioether (sulfide) groups is 1. The minimum absolute atomic E-state index is 0.0907. The van der Waals surface area contributed by atoms with Crippen molar-refractivity contribution >= 4 is 29.2 Å². The molecule has 4 rings (SSSR count). The molecule has 0 amide bonds. The number of nitrogens with zero attached hydrogens (tertiary/aromatic N) is 4. The molecule has 0 saturated carbocycles. The summed E-state index contributed by atoms with van der Waals surface area (Å²) in [5, 5.41) is 9.02. The van der Waals surface area contributed by atoms with E-state index < -0.39 is 0 Å². The predicted octanol–water partition coefficient (Wildman–Crippen LogP) is 4.09. The second-order valence-electron chi connectivity index (χ2n) is 5.98. The Bertz CT molecular complexity index is 909. The van der Waals surface area contributed by atoms with E-state index in [-0.39, 0.29) is 5.25 Å². The summed E-state index contributed by atoms with van der Waals surface area (Å²) in [6.07, 6.45) is 3.52. The summed E-state index contributed by atoms with van der Waals surface area (Å²) in [4.78, 5) is 9.16. The van der Waals surface area contributed by atoms with Crippen LogP contribution in [0.25, 0.3) is 11.4 Å². The minimum Gasteiger partial charge on any atom is -0.369 e. The Balaban J connectivity index is 1.92. The van der Waals surface area contributed by atoms with E-state index in [0.717, 1.165) is 46.3 Å². The van der Waals surface area contributed by atoms with Gasteiger partial charge >= 0.3 is 0 Å². The van der Waals surface area contributed by atoms with Gasteiger partial charge in [-0.25, -0.2) is 0 Å². The fourth-order valence-corrected chi connectivity index (χ4v) is 4.62. The number of aromatic nitrogens is 4. The molecule has 0 fully saturated rings. The maximum Gasteiger partial charge on any atom is 0.129 e. The molecule has 3 aromatic heterocycles. The first kappa shape index (κ1) is 16.4. The van der Waals surface area contributed by atoms with Gasteiger partial charge in [0, 0.05) is 37.3 Å². The topological polar surface area (TPSA) is 55.6 Å². The summed E-state index contributed by atoms with van der Waals surface area (Å²) < 4.78 is 1.91. The van der Waals surface area contributed by atoms with Gasteiger partial charge in [-0.1, -0.05) is 17.7 Å². The quantitative estimate of drug-likeness (QED) is 0.735. The fourth-order valence-electron chi connectivity index (χ4n) is 3.16.